The molecule has 1 N–H and O–H groups in total. The summed E-state index contributed by atoms with van der Waals surface area (Å²) in [4.78, 5) is 1.15. The summed E-state index contributed by atoms with van der Waals surface area (Å²) in [7, 11) is 0. The highest BCUT2D eigenvalue weighted by molar-refractivity contribution is 7.99. The van der Waals surface area contributed by atoms with Crippen molar-refractivity contribution in [2.75, 3.05) is 12.3 Å². The van der Waals surface area contributed by atoms with Gasteiger partial charge in [0.25, 0.3) is 0 Å². The lowest BCUT2D eigenvalue weighted by Crippen LogP contribution is -2.33. The fourth-order valence-electron chi connectivity index (χ4n) is 2.38. The topological polar surface area (TPSA) is 12.0 Å². The first-order valence-electron chi connectivity index (χ1n) is 7.77. The van der Waals surface area contributed by atoms with Gasteiger partial charge in [0, 0.05) is 16.7 Å². The van der Waals surface area contributed by atoms with Gasteiger partial charge in [-0.2, -0.15) is 0 Å². The average molecular weight is 297 g/mol. The Morgan fingerprint density at radius 1 is 1.15 bits per heavy atom. The van der Waals surface area contributed by atoms with E-state index in [-0.39, 0.29) is 5.82 Å². The maximum Gasteiger partial charge on any atom is 0.123 e. The van der Waals surface area contributed by atoms with E-state index in [1.807, 2.05) is 23.9 Å². The Hall–Kier alpha value is -0.540. The number of hydrogen-bond acceptors (Lipinski definition) is 2. The van der Waals surface area contributed by atoms with E-state index in [9.17, 15) is 4.39 Å². The van der Waals surface area contributed by atoms with Gasteiger partial charge in [0.15, 0.2) is 0 Å². The summed E-state index contributed by atoms with van der Waals surface area (Å²) in [5.74, 6) is 1.66. The summed E-state index contributed by atoms with van der Waals surface area (Å²) < 4.78 is 12.9. The lowest BCUT2D eigenvalue weighted by Gasteiger charge is -2.22. The Balaban J connectivity index is 2.44. The van der Waals surface area contributed by atoms with Crippen molar-refractivity contribution in [3.05, 3.63) is 30.1 Å². The van der Waals surface area contributed by atoms with Crippen LogP contribution in [-0.4, -0.2) is 18.3 Å². The van der Waals surface area contributed by atoms with Gasteiger partial charge in [-0.15, -0.1) is 11.8 Å². The van der Waals surface area contributed by atoms with Crippen LogP contribution in [0.5, 0.6) is 0 Å². The molecule has 20 heavy (non-hydrogen) atoms. The van der Waals surface area contributed by atoms with Gasteiger partial charge < -0.3 is 5.32 Å². The lowest BCUT2D eigenvalue weighted by molar-refractivity contribution is 0.404. The number of benzene rings is 1. The summed E-state index contributed by atoms with van der Waals surface area (Å²) in [6.07, 6.45) is 4.94. The molecule has 0 aliphatic carbocycles. The van der Waals surface area contributed by atoms with E-state index in [4.69, 9.17) is 0 Å². The molecule has 1 aromatic rings. The monoisotopic (exact) mass is 297 g/mol. The third-order valence-electron chi connectivity index (χ3n) is 3.42. The van der Waals surface area contributed by atoms with Gasteiger partial charge in [0.1, 0.15) is 5.82 Å². The third kappa shape index (κ3) is 7.30. The van der Waals surface area contributed by atoms with Crippen LogP contribution in [0.25, 0.3) is 0 Å². The van der Waals surface area contributed by atoms with Crippen molar-refractivity contribution in [3.63, 3.8) is 0 Å². The van der Waals surface area contributed by atoms with Crippen molar-refractivity contribution in [2.45, 2.75) is 57.4 Å². The quantitative estimate of drug-likeness (QED) is 0.602. The SMILES string of the molecule is CCCNC(CSc1ccc(F)cc1)CC(C)CCC. The highest BCUT2D eigenvalue weighted by Gasteiger charge is 2.12. The highest BCUT2D eigenvalue weighted by atomic mass is 32.2. The van der Waals surface area contributed by atoms with Crippen LogP contribution < -0.4 is 5.32 Å². The molecule has 0 aromatic heterocycles. The smallest absolute Gasteiger partial charge is 0.123 e. The molecule has 0 aliphatic heterocycles. The van der Waals surface area contributed by atoms with Crippen LogP contribution in [0, 0.1) is 11.7 Å². The fourth-order valence-corrected chi connectivity index (χ4v) is 3.36. The first kappa shape index (κ1) is 17.5. The van der Waals surface area contributed by atoms with Crippen molar-refractivity contribution >= 4 is 11.8 Å². The Morgan fingerprint density at radius 3 is 2.45 bits per heavy atom. The third-order valence-corrected chi connectivity index (χ3v) is 4.59. The maximum atomic E-state index is 12.9. The molecule has 3 heteroatoms. The summed E-state index contributed by atoms with van der Waals surface area (Å²) in [6.45, 7) is 7.87. The molecule has 1 aromatic carbocycles. The molecule has 114 valence electrons. The standard InChI is InChI=1S/C17H28FNS/c1-4-6-14(3)12-16(19-11-5-2)13-20-17-9-7-15(18)8-10-17/h7-10,14,16,19H,4-6,11-13H2,1-3H3. The van der Waals surface area contributed by atoms with Crippen LogP contribution >= 0.6 is 11.8 Å². The number of rotatable bonds is 10. The van der Waals surface area contributed by atoms with Gasteiger partial charge in [-0.05, 0) is 49.6 Å². The van der Waals surface area contributed by atoms with Crippen molar-refractivity contribution in [2.24, 2.45) is 5.92 Å². The van der Waals surface area contributed by atoms with Crippen LogP contribution in [0.2, 0.25) is 0 Å². The van der Waals surface area contributed by atoms with Gasteiger partial charge in [-0.1, -0.05) is 33.6 Å². The molecule has 0 aliphatic rings. The predicted molar refractivity (Wildman–Crippen MR) is 87.9 cm³/mol. The molecule has 0 radical (unpaired) electrons. The van der Waals surface area contributed by atoms with Gasteiger partial charge in [-0.3, -0.25) is 0 Å². The molecular formula is C17H28FNS. The van der Waals surface area contributed by atoms with E-state index in [0.717, 1.165) is 23.1 Å². The van der Waals surface area contributed by atoms with Gasteiger partial charge in [0.2, 0.25) is 0 Å². The Labute approximate surface area is 127 Å². The van der Waals surface area contributed by atoms with Gasteiger partial charge in [0.05, 0.1) is 0 Å². The maximum absolute atomic E-state index is 12.9. The second-order valence-electron chi connectivity index (χ2n) is 5.55. The molecule has 1 nitrogen and oxygen atoms in total. The largest absolute Gasteiger partial charge is 0.313 e. The summed E-state index contributed by atoms with van der Waals surface area (Å²) >= 11 is 1.82. The zero-order valence-corrected chi connectivity index (χ0v) is 13.8. The minimum absolute atomic E-state index is 0.161. The summed E-state index contributed by atoms with van der Waals surface area (Å²) in [6, 6.07) is 7.36. The van der Waals surface area contributed by atoms with E-state index >= 15 is 0 Å². The molecule has 0 saturated carbocycles. The minimum Gasteiger partial charge on any atom is -0.313 e. The van der Waals surface area contributed by atoms with E-state index in [2.05, 4.69) is 26.1 Å². The van der Waals surface area contributed by atoms with Crippen LogP contribution in [0.15, 0.2) is 29.2 Å². The molecule has 0 bridgehead atoms. The minimum atomic E-state index is -0.161. The second-order valence-corrected chi connectivity index (χ2v) is 6.64. The molecular weight excluding hydrogens is 269 g/mol. The van der Waals surface area contributed by atoms with Crippen molar-refractivity contribution in [1.82, 2.24) is 5.32 Å². The van der Waals surface area contributed by atoms with Crippen molar-refractivity contribution in [3.8, 4) is 0 Å². The first-order valence-corrected chi connectivity index (χ1v) is 8.76. The zero-order chi connectivity index (χ0) is 14.8. The van der Waals surface area contributed by atoms with Gasteiger partial charge in [-0.25, -0.2) is 4.39 Å². The second kappa shape index (κ2) is 10.2. The molecule has 0 saturated heterocycles. The zero-order valence-electron chi connectivity index (χ0n) is 13.0. The van der Waals surface area contributed by atoms with E-state index in [0.29, 0.717) is 6.04 Å². The number of nitrogens with one attached hydrogen (secondary N) is 1. The van der Waals surface area contributed by atoms with E-state index in [1.165, 1.54) is 37.8 Å². The summed E-state index contributed by atoms with van der Waals surface area (Å²) in [5, 5.41) is 3.65. The molecule has 0 spiro atoms. The number of halogens is 1. The molecule has 1 rings (SSSR count). The molecule has 2 unspecified atom stereocenters. The highest BCUT2D eigenvalue weighted by Crippen LogP contribution is 2.22. The molecule has 0 amide bonds. The average Bonchev–Trinajstić information content (AvgIpc) is 2.44. The lowest BCUT2D eigenvalue weighted by atomic mass is 9.98. The summed E-state index contributed by atoms with van der Waals surface area (Å²) in [5.41, 5.74) is 0. The van der Waals surface area contributed by atoms with Gasteiger partial charge >= 0.3 is 0 Å². The van der Waals surface area contributed by atoms with E-state index in [1.54, 1.807) is 0 Å². The van der Waals surface area contributed by atoms with Crippen molar-refractivity contribution in [1.29, 1.82) is 0 Å². The Kier molecular flexibility index (Phi) is 8.95. The number of hydrogen-bond donors (Lipinski definition) is 1. The Morgan fingerprint density at radius 2 is 1.85 bits per heavy atom. The first-order chi connectivity index (χ1) is 9.65. The normalized spacial score (nSPS) is 14.2. The van der Waals surface area contributed by atoms with Crippen LogP contribution in [0.4, 0.5) is 4.39 Å². The fraction of sp³-hybridized carbons (Fsp3) is 0.647. The molecule has 0 heterocycles. The molecule has 2 atom stereocenters. The predicted octanol–water partition coefficient (Wildman–Crippen LogP) is 5.11. The van der Waals surface area contributed by atoms with Crippen molar-refractivity contribution < 1.29 is 4.39 Å². The Bertz CT molecular complexity index is 353. The molecule has 0 fully saturated rings. The van der Waals surface area contributed by atoms with Crippen LogP contribution in [0.3, 0.4) is 0 Å². The number of thioether (sulfide) groups is 1. The van der Waals surface area contributed by atoms with Crippen LogP contribution in [-0.2, 0) is 0 Å². The van der Waals surface area contributed by atoms with Crippen LogP contribution in [0.1, 0.15) is 46.5 Å². The van der Waals surface area contributed by atoms with E-state index < -0.39 is 0 Å².